The summed E-state index contributed by atoms with van der Waals surface area (Å²) in [6.45, 7) is 12.4. The van der Waals surface area contributed by atoms with Crippen LogP contribution < -0.4 is 14.4 Å². The van der Waals surface area contributed by atoms with Crippen molar-refractivity contribution < 1.29 is 9.47 Å². The number of anilines is 1. The van der Waals surface area contributed by atoms with Gasteiger partial charge in [-0.1, -0.05) is 18.2 Å². The smallest absolute Gasteiger partial charge is 0.144 e. The van der Waals surface area contributed by atoms with E-state index in [1.165, 1.54) is 16.8 Å². The highest BCUT2D eigenvalue weighted by Crippen LogP contribution is 2.41. The molecule has 0 fully saturated rings. The molecule has 0 aromatic heterocycles. The van der Waals surface area contributed by atoms with E-state index >= 15 is 0 Å². The van der Waals surface area contributed by atoms with Gasteiger partial charge in [0, 0.05) is 35.6 Å². The number of ether oxygens (including phenoxy) is 2. The molecule has 0 N–H and O–H groups in total. The summed E-state index contributed by atoms with van der Waals surface area (Å²) in [6.07, 6.45) is 4.19. The molecule has 3 rings (SSSR count). The van der Waals surface area contributed by atoms with Gasteiger partial charge < -0.3 is 14.4 Å². The molecule has 0 atom stereocenters. The second kappa shape index (κ2) is 8.09. The summed E-state index contributed by atoms with van der Waals surface area (Å²) in [7, 11) is 1.71. The van der Waals surface area contributed by atoms with Crippen molar-refractivity contribution in [2.75, 3.05) is 25.2 Å². The molecule has 2 aromatic rings. The Morgan fingerprint density at radius 1 is 1.11 bits per heavy atom. The number of benzene rings is 2. The van der Waals surface area contributed by atoms with E-state index in [0.717, 1.165) is 29.3 Å². The summed E-state index contributed by atoms with van der Waals surface area (Å²) in [5.41, 5.74) is 5.45. The fourth-order valence-electron chi connectivity index (χ4n) is 3.96. The minimum atomic E-state index is -0.0249. The summed E-state index contributed by atoms with van der Waals surface area (Å²) < 4.78 is 11.4. The van der Waals surface area contributed by atoms with E-state index in [2.05, 4.69) is 55.8 Å². The van der Waals surface area contributed by atoms with E-state index in [0.29, 0.717) is 6.61 Å². The molecule has 148 valence electrons. The van der Waals surface area contributed by atoms with Crippen LogP contribution in [-0.2, 0) is 0 Å². The molecule has 0 amide bonds. The first-order chi connectivity index (χ1) is 13.4. The first kappa shape index (κ1) is 20.0. The minimum absolute atomic E-state index is 0.0249. The Morgan fingerprint density at radius 2 is 1.86 bits per heavy atom. The van der Waals surface area contributed by atoms with Crippen molar-refractivity contribution in [3.63, 3.8) is 0 Å². The van der Waals surface area contributed by atoms with Crippen LogP contribution >= 0.6 is 0 Å². The van der Waals surface area contributed by atoms with Gasteiger partial charge in [0.05, 0.1) is 19.3 Å². The van der Waals surface area contributed by atoms with E-state index in [1.54, 1.807) is 7.11 Å². The van der Waals surface area contributed by atoms with E-state index in [1.807, 2.05) is 37.4 Å². The lowest BCUT2D eigenvalue weighted by molar-refractivity contribution is 0.341. The average molecular weight is 379 g/mol. The molecule has 0 bridgehead atoms. The number of likely N-dealkylation sites (N-methyl/N-ethyl adjacent to an activating group) is 1. The fraction of sp³-hybridized carbons (Fsp3) is 0.375. The summed E-state index contributed by atoms with van der Waals surface area (Å²) in [5.74, 6) is 1.61. The molecule has 4 heteroatoms. The molecule has 2 aromatic carbocycles. The maximum absolute atomic E-state index is 5.71. The first-order valence-corrected chi connectivity index (χ1v) is 9.86. The molecule has 0 radical (unpaired) electrons. The summed E-state index contributed by atoms with van der Waals surface area (Å²) in [6, 6.07) is 12.1. The Bertz CT molecular complexity index is 913. The van der Waals surface area contributed by atoms with Gasteiger partial charge in [-0.05, 0) is 58.4 Å². The van der Waals surface area contributed by atoms with Crippen molar-refractivity contribution in [1.29, 1.82) is 0 Å². The van der Waals surface area contributed by atoms with Gasteiger partial charge in [0.2, 0.25) is 0 Å². The topological polar surface area (TPSA) is 34.1 Å². The number of methoxy groups -OCH3 is 1. The SMILES string of the molecule is CCOc1ccccc1N=Cc1cc2c(cc1OC)N(CC)C(C)(C)C=C2C. The van der Waals surface area contributed by atoms with E-state index in [-0.39, 0.29) is 5.54 Å². The molecule has 0 aliphatic carbocycles. The lowest BCUT2D eigenvalue weighted by Crippen LogP contribution is -2.44. The zero-order valence-corrected chi connectivity index (χ0v) is 17.7. The van der Waals surface area contributed by atoms with Crippen LogP contribution in [0.25, 0.3) is 5.57 Å². The zero-order chi connectivity index (χ0) is 20.3. The number of aliphatic imine (C=N–C) groups is 1. The van der Waals surface area contributed by atoms with Gasteiger partial charge in [-0.15, -0.1) is 0 Å². The number of hydrogen-bond acceptors (Lipinski definition) is 4. The number of para-hydroxylation sites is 2. The molecular formula is C24H30N2O2. The van der Waals surface area contributed by atoms with Crippen molar-refractivity contribution in [2.45, 2.75) is 40.2 Å². The van der Waals surface area contributed by atoms with Crippen LogP contribution in [0.4, 0.5) is 11.4 Å². The van der Waals surface area contributed by atoms with Crippen LogP contribution in [0.5, 0.6) is 11.5 Å². The van der Waals surface area contributed by atoms with Gasteiger partial charge in [-0.2, -0.15) is 0 Å². The molecular weight excluding hydrogens is 348 g/mol. The molecule has 1 aliphatic rings. The quantitative estimate of drug-likeness (QED) is 0.590. The average Bonchev–Trinajstić information content (AvgIpc) is 2.66. The predicted octanol–water partition coefficient (Wildman–Crippen LogP) is 5.87. The molecule has 1 aliphatic heterocycles. The van der Waals surface area contributed by atoms with Crippen LogP contribution in [-0.4, -0.2) is 32.0 Å². The highest BCUT2D eigenvalue weighted by atomic mass is 16.5. The molecule has 4 nitrogen and oxygen atoms in total. The van der Waals surface area contributed by atoms with Crippen molar-refractivity contribution >= 4 is 23.2 Å². The zero-order valence-electron chi connectivity index (χ0n) is 17.7. The number of hydrogen-bond donors (Lipinski definition) is 0. The highest BCUT2D eigenvalue weighted by Gasteiger charge is 2.31. The second-order valence-electron chi connectivity index (χ2n) is 7.50. The lowest BCUT2D eigenvalue weighted by atomic mass is 9.88. The Kier molecular flexibility index (Phi) is 5.78. The van der Waals surface area contributed by atoms with E-state index < -0.39 is 0 Å². The Labute approximate surface area is 168 Å². The predicted molar refractivity (Wildman–Crippen MR) is 119 cm³/mol. The highest BCUT2D eigenvalue weighted by molar-refractivity contribution is 5.92. The first-order valence-electron chi connectivity index (χ1n) is 9.86. The molecule has 0 saturated heterocycles. The standard InChI is InChI=1S/C24H30N2O2/c1-7-26-21-14-23(27-6)18(13-19(21)17(3)15-24(26,4)5)16-25-20-11-9-10-12-22(20)28-8-2/h9-16H,7-8H2,1-6H3. The van der Waals surface area contributed by atoms with E-state index in [4.69, 9.17) is 9.47 Å². The second-order valence-corrected chi connectivity index (χ2v) is 7.50. The van der Waals surface area contributed by atoms with Crippen LogP contribution in [0, 0.1) is 0 Å². The lowest BCUT2D eigenvalue weighted by Gasteiger charge is -2.43. The largest absolute Gasteiger partial charge is 0.496 e. The van der Waals surface area contributed by atoms with Gasteiger partial charge >= 0.3 is 0 Å². The van der Waals surface area contributed by atoms with Gasteiger partial charge in [0.1, 0.15) is 17.2 Å². The van der Waals surface area contributed by atoms with Crippen molar-refractivity contribution in [3.05, 3.63) is 53.6 Å². The third kappa shape index (κ3) is 3.77. The third-order valence-electron chi connectivity index (χ3n) is 5.15. The third-order valence-corrected chi connectivity index (χ3v) is 5.15. The maximum atomic E-state index is 5.71. The Balaban J connectivity index is 2.06. The number of fused-ring (bicyclic) bond motifs is 1. The molecule has 28 heavy (non-hydrogen) atoms. The summed E-state index contributed by atoms with van der Waals surface area (Å²) >= 11 is 0. The summed E-state index contributed by atoms with van der Waals surface area (Å²) in [5, 5.41) is 0. The van der Waals surface area contributed by atoms with E-state index in [9.17, 15) is 0 Å². The number of rotatable bonds is 6. The van der Waals surface area contributed by atoms with Crippen LogP contribution in [0.3, 0.4) is 0 Å². The number of allylic oxidation sites excluding steroid dienone is 1. The van der Waals surface area contributed by atoms with Crippen molar-refractivity contribution in [3.8, 4) is 11.5 Å². The van der Waals surface area contributed by atoms with Crippen molar-refractivity contribution in [1.82, 2.24) is 0 Å². The minimum Gasteiger partial charge on any atom is -0.496 e. The van der Waals surface area contributed by atoms with Crippen LogP contribution in [0.15, 0.2) is 47.5 Å². The molecule has 0 unspecified atom stereocenters. The Hall–Kier alpha value is -2.75. The molecule has 0 saturated carbocycles. The van der Waals surface area contributed by atoms with Gasteiger partial charge in [-0.25, -0.2) is 0 Å². The van der Waals surface area contributed by atoms with Crippen LogP contribution in [0.1, 0.15) is 45.7 Å². The normalized spacial score (nSPS) is 15.4. The summed E-state index contributed by atoms with van der Waals surface area (Å²) in [4.78, 5) is 7.09. The Morgan fingerprint density at radius 3 is 2.54 bits per heavy atom. The molecule has 1 heterocycles. The van der Waals surface area contributed by atoms with Crippen molar-refractivity contribution in [2.24, 2.45) is 4.99 Å². The fourth-order valence-corrected chi connectivity index (χ4v) is 3.96. The van der Waals surface area contributed by atoms with Crippen LogP contribution in [0.2, 0.25) is 0 Å². The maximum Gasteiger partial charge on any atom is 0.144 e. The van der Waals surface area contributed by atoms with Gasteiger partial charge in [0.15, 0.2) is 0 Å². The van der Waals surface area contributed by atoms with Gasteiger partial charge in [-0.3, -0.25) is 4.99 Å². The monoisotopic (exact) mass is 378 g/mol. The number of nitrogens with zero attached hydrogens (tertiary/aromatic N) is 2. The molecule has 0 spiro atoms. The van der Waals surface area contributed by atoms with Gasteiger partial charge in [0.25, 0.3) is 0 Å².